The topological polar surface area (TPSA) is 41.2 Å². The van der Waals surface area contributed by atoms with Gasteiger partial charge in [-0.25, -0.2) is 0 Å². The first-order valence-corrected chi connectivity index (χ1v) is 3.05. The molecule has 0 amide bonds. The molecule has 1 N–H and O–H groups in total. The summed E-state index contributed by atoms with van der Waals surface area (Å²) in [5.41, 5.74) is 1.16. The average Bonchev–Trinajstić information content (AvgIpc) is 2.46. The lowest BCUT2D eigenvalue weighted by molar-refractivity contribution is 0.406. The van der Waals surface area contributed by atoms with E-state index in [0.717, 1.165) is 18.7 Å². The van der Waals surface area contributed by atoms with Crippen molar-refractivity contribution in [2.75, 3.05) is 6.61 Å². The first-order valence-electron chi connectivity index (χ1n) is 3.05. The quantitative estimate of drug-likeness (QED) is 0.578. The van der Waals surface area contributed by atoms with Gasteiger partial charge in [0.25, 0.3) is 0 Å². The van der Waals surface area contributed by atoms with Gasteiger partial charge in [-0.3, -0.25) is 5.10 Å². The molecule has 48 valence electrons. The summed E-state index contributed by atoms with van der Waals surface area (Å²) < 4.78 is 5.03. The SMILES string of the molecule is c1cc(CC2CO2)[nH]n1. The highest BCUT2D eigenvalue weighted by Gasteiger charge is 2.22. The van der Waals surface area contributed by atoms with Crippen LogP contribution in [-0.4, -0.2) is 22.9 Å². The van der Waals surface area contributed by atoms with Gasteiger partial charge in [-0.2, -0.15) is 5.10 Å². The van der Waals surface area contributed by atoms with Crippen LogP contribution in [0.4, 0.5) is 0 Å². The molecule has 1 saturated heterocycles. The predicted molar refractivity (Wildman–Crippen MR) is 32.0 cm³/mol. The second-order valence-electron chi connectivity index (χ2n) is 2.24. The second-order valence-corrected chi connectivity index (χ2v) is 2.24. The highest BCUT2D eigenvalue weighted by atomic mass is 16.6. The minimum Gasteiger partial charge on any atom is -0.373 e. The number of H-pyrrole nitrogens is 1. The molecule has 1 atom stereocenters. The van der Waals surface area contributed by atoms with E-state index in [4.69, 9.17) is 4.74 Å². The van der Waals surface area contributed by atoms with Crippen LogP contribution in [0.5, 0.6) is 0 Å². The molecule has 3 nitrogen and oxygen atoms in total. The van der Waals surface area contributed by atoms with Gasteiger partial charge in [0.1, 0.15) is 0 Å². The Labute approximate surface area is 53.0 Å². The van der Waals surface area contributed by atoms with Crippen molar-refractivity contribution in [3.63, 3.8) is 0 Å². The summed E-state index contributed by atoms with van der Waals surface area (Å²) in [4.78, 5) is 0. The lowest BCUT2D eigenvalue weighted by Gasteiger charge is -1.86. The van der Waals surface area contributed by atoms with Crippen molar-refractivity contribution in [1.29, 1.82) is 0 Å². The molecular formula is C6H8N2O. The Kier molecular flexibility index (Phi) is 1.02. The first kappa shape index (κ1) is 4.99. The van der Waals surface area contributed by atoms with Gasteiger partial charge in [0.15, 0.2) is 0 Å². The summed E-state index contributed by atoms with van der Waals surface area (Å²) in [7, 11) is 0. The zero-order chi connectivity index (χ0) is 6.10. The van der Waals surface area contributed by atoms with Crippen molar-refractivity contribution in [2.45, 2.75) is 12.5 Å². The van der Waals surface area contributed by atoms with Crippen molar-refractivity contribution in [2.24, 2.45) is 0 Å². The van der Waals surface area contributed by atoms with Crippen molar-refractivity contribution in [3.8, 4) is 0 Å². The van der Waals surface area contributed by atoms with Gasteiger partial charge in [-0.05, 0) is 6.07 Å². The van der Waals surface area contributed by atoms with E-state index in [1.54, 1.807) is 6.20 Å². The minimum atomic E-state index is 0.463. The number of epoxide rings is 1. The van der Waals surface area contributed by atoms with Crippen molar-refractivity contribution in [1.82, 2.24) is 10.2 Å². The van der Waals surface area contributed by atoms with Crippen LogP contribution in [0.2, 0.25) is 0 Å². The van der Waals surface area contributed by atoms with Gasteiger partial charge in [0.05, 0.1) is 12.7 Å². The van der Waals surface area contributed by atoms with E-state index in [-0.39, 0.29) is 0 Å². The molecular weight excluding hydrogens is 116 g/mol. The fourth-order valence-electron chi connectivity index (χ4n) is 0.830. The summed E-state index contributed by atoms with van der Waals surface area (Å²) in [5, 5.41) is 6.70. The smallest absolute Gasteiger partial charge is 0.0865 e. The van der Waals surface area contributed by atoms with Gasteiger partial charge < -0.3 is 4.74 Å². The average molecular weight is 124 g/mol. The highest BCUT2D eigenvalue weighted by molar-refractivity contribution is 5.00. The number of nitrogens with zero attached hydrogens (tertiary/aromatic N) is 1. The fraction of sp³-hybridized carbons (Fsp3) is 0.500. The first-order chi connectivity index (χ1) is 4.45. The molecule has 2 rings (SSSR count). The standard InChI is InChI=1S/C6H8N2O/c1-2-7-8-5(1)3-6-4-9-6/h1-2,6H,3-4H2,(H,7,8). The number of nitrogens with one attached hydrogen (secondary N) is 1. The van der Waals surface area contributed by atoms with Crippen LogP contribution < -0.4 is 0 Å². The third kappa shape index (κ3) is 1.10. The van der Waals surface area contributed by atoms with Crippen LogP contribution in [0, 0.1) is 0 Å². The molecule has 1 aliphatic heterocycles. The van der Waals surface area contributed by atoms with Gasteiger partial charge in [-0.15, -0.1) is 0 Å². The highest BCUT2D eigenvalue weighted by Crippen LogP contribution is 2.13. The molecule has 1 aromatic heterocycles. The van der Waals surface area contributed by atoms with Crippen LogP contribution in [0.1, 0.15) is 5.69 Å². The summed E-state index contributed by atoms with van der Waals surface area (Å²) in [5.74, 6) is 0. The third-order valence-electron chi connectivity index (χ3n) is 1.41. The van der Waals surface area contributed by atoms with Crippen molar-refractivity contribution in [3.05, 3.63) is 18.0 Å². The number of hydrogen-bond acceptors (Lipinski definition) is 2. The van der Waals surface area contributed by atoms with E-state index in [1.165, 1.54) is 0 Å². The Morgan fingerprint density at radius 3 is 3.33 bits per heavy atom. The van der Waals surface area contributed by atoms with Gasteiger partial charge in [0, 0.05) is 18.3 Å². The zero-order valence-electron chi connectivity index (χ0n) is 5.00. The number of hydrogen-bond donors (Lipinski definition) is 1. The van der Waals surface area contributed by atoms with Crippen molar-refractivity contribution >= 4 is 0 Å². The van der Waals surface area contributed by atoms with E-state index < -0.39 is 0 Å². The molecule has 1 unspecified atom stereocenters. The lowest BCUT2D eigenvalue weighted by Crippen LogP contribution is -1.92. The Morgan fingerprint density at radius 2 is 2.78 bits per heavy atom. The lowest BCUT2D eigenvalue weighted by atomic mass is 10.2. The van der Waals surface area contributed by atoms with Gasteiger partial charge in [0.2, 0.25) is 0 Å². The van der Waals surface area contributed by atoms with Gasteiger partial charge >= 0.3 is 0 Å². The maximum Gasteiger partial charge on any atom is 0.0865 e. The van der Waals surface area contributed by atoms with Crippen LogP contribution >= 0.6 is 0 Å². The van der Waals surface area contributed by atoms with E-state index in [1.807, 2.05) is 6.07 Å². The van der Waals surface area contributed by atoms with Crippen LogP contribution in [0.15, 0.2) is 12.3 Å². The molecule has 0 spiro atoms. The summed E-state index contributed by atoms with van der Waals surface area (Å²) in [6.45, 7) is 0.916. The number of rotatable bonds is 2. The molecule has 1 aliphatic rings. The molecule has 2 heterocycles. The molecule has 0 aliphatic carbocycles. The molecule has 1 aromatic rings. The third-order valence-corrected chi connectivity index (χ3v) is 1.41. The fourth-order valence-corrected chi connectivity index (χ4v) is 0.830. The predicted octanol–water partition coefficient (Wildman–Crippen LogP) is 0.351. The molecule has 3 heteroatoms. The van der Waals surface area contributed by atoms with E-state index in [2.05, 4.69) is 10.2 Å². The minimum absolute atomic E-state index is 0.463. The largest absolute Gasteiger partial charge is 0.373 e. The van der Waals surface area contributed by atoms with Crippen LogP contribution in [0.25, 0.3) is 0 Å². The zero-order valence-corrected chi connectivity index (χ0v) is 5.00. The monoisotopic (exact) mass is 124 g/mol. The number of ether oxygens (including phenoxy) is 1. The Hall–Kier alpha value is -0.830. The molecule has 9 heavy (non-hydrogen) atoms. The molecule has 1 fully saturated rings. The second kappa shape index (κ2) is 1.84. The summed E-state index contributed by atoms with van der Waals surface area (Å²) in [6.07, 6.45) is 3.21. The Morgan fingerprint density at radius 1 is 1.89 bits per heavy atom. The van der Waals surface area contributed by atoms with Crippen LogP contribution in [0.3, 0.4) is 0 Å². The van der Waals surface area contributed by atoms with Crippen molar-refractivity contribution < 1.29 is 4.74 Å². The number of aromatic nitrogens is 2. The van der Waals surface area contributed by atoms with E-state index in [9.17, 15) is 0 Å². The molecule has 0 saturated carbocycles. The molecule has 0 aromatic carbocycles. The molecule has 0 bridgehead atoms. The maximum absolute atomic E-state index is 5.03. The summed E-state index contributed by atoms with van der Waals surface area (Å²) >= 11 is 0. The normalized spacial score (nSPS) is 24.2. The molecule has 0 radical (unpaired) electrons. The van der Waals surface area contributed by atoms with E-state index in [0.29, 0.717) is 6.10 Å². The van der Waals surface area contributed by atoms with Gasteiger partial charge in [-0.1, -0.05) is 0 Å². The number of aromatic amines is 1. The maximum atomic E-state index is 5.03. The Bertz CT molecular complexity index is 179. The van der Waals surface area contributed by atoms with Crippen LogP contribution in [-0.2, 0) is 11.2 Å². The summed E-state index contributed by atoms with van der Waals surface area (Å²) in [6, 6.07) is 1.97. The Balaban J connectivity index is 1.99. The van der Waals surface area contributed by atoms with E-state index >= 15 is 0 Å².